The lowest BCUT2D eigenvalue weighted by Crippen LogP contribution is -2.38. The van der Waals surface area contributed by atoms with Crippen molar-refractivity contribution in [2.45, 2.75) is 38.8 Å². The molecule has 1 heterocycles. The second-order valence-corrected chi connectivity index (χ2v) is 5.24. The van der Waals surface area contributed by atoms with Crippen molar-refractivity contribution in [1.82, 2.24) is 4.98 Å². The summed E-state index contributed by atoms with van der Waals surface area (Å²) in [4.78, 5) is 4.35. The fraction of sp³-hybridized carbons (Fsp3) is 0.643. The van der Waals surface area contributed by atoms with Gasteiger partial charge in [-0.15, -0.1) is 0 Å². The summed E-state index contributed by atoms with van der Waals surface area (Å²) in [7, 11) is 1.63. The van der Waals surface area contributed by atoms with Crippen LogP contribution in [-0.2, 0) is 6.42 Å². The average Bonchev–Trinajstić information content (AvgIpc) is 3.18. The van der Waals surface area contributed by atoms with Crippen LogP contribution in [0.3, 0.4) is 0 Å². The van der Waals surface area contributed by atoms with E-state index in [0.29, 0.717) is 0 Å². The topological polar surface area (TPSA) is 48.1 Å². The monoisotopic (exact) mass is 252 g/mol. The molecule has 2 rings (SSSR count). The van der Waals surface area contributed by atoms with Crippen LogP contribution in [0.2, 0.25) is 0 Å². The minimum Gasteiger partial charge on any atom is -0.496 e. The normalized spacial score (nSPS) is 18.5. The molecule has 0 spiro atoms. The maximum atomic E-state index is 14.7. The van der Waals surface area contributed by atoms with E-state index in [1.54, 1.807) is 13.3 Å². The van der Waals surface area contributed by atoms with Gasteiger partial charge in [-0.3, -0.25) is 4.98 Å². The van der Waals surface area contributed by atoms with E-state index in [1.165, 1.54) is 0 Å². The molecule has 2 N–H and O–H groups in total. The molecule has 0 bridgehead atoms. The number of aryl methyl sites for hydroxylation is 1. The summed E-state index contributed by atoms with van der Waals surface area (Å²) in [6.07, 6.45) is 3.91. The minimum absolute atomic E-state index is 0.0645. The molecule has 18 heavy (non-hydrogen) atoms. The molecule has 1 aliphatic rings. The van der Waals surface area contributed by atoms with Gasteiger partial charge in [-0.2, -0.15) is 0 Å². The first-order valence-corrected chi connectivity index (χ1v) is 6.40. The van der Waals surface area contributed by atoms with Crippen LogP contribution in [0.25, 0.3) is 0 Å². The van der Waals surface area contributed by atoms with Crippen LogP contribution in [0.15, 0.2) is 6.20 Å². The number of alkyl halides is 1. The summed E-state index contributed by atoms with van der Waals surface area (Å²) >= 11 is 0. The molecule has 1 unspecified atom stereocenters. The molecule has 0 aromatic carbocycles. The van der Waals surface area contributed by atoms with E-state index in [-0.39, 0.29) is 18.9 Å². The highest BCUT2D eigenvalue weighted by Gasteiger charge is 2.45. The third kappa shape index (κ3) is 2.34. The Morgan fingerprint density at radius 2 is 2.17 bits per heavy atom. The van der Waals surface area contributed by atoms with Gasteiger partial charge >= 0.3 is 0 Å². The first kappa shape index (κ1) is 13.3. The zero-order chi connectivity index (χ0) is 13.3. The molecule has 0 aliphatic heterocycles. The Balaban J connectivity index is 2.28. The van der Waals surface area contributed by atoms with E-state index < -0.39 is 5.67 Å². The molecule has 3 nitrogen and oxygen atoms in total. The molecule has 1 aromatic heterocycles. The second-order valence-electron chi connectivity index (χ2n) is 5.24. The number of aromatic nitrogens is 1. The Labute approximate surface area is 108 Å². The van der Waals surface area contributed by atoms with Crippen LogP contribution < -0.4 is 10.5 Å². The zero-order valence-electron chi connectivity index (χ0n) is 11.3. The average molecular weight is 252 g/mol. The van der Waals surface area contributed by atoms with Gasteiger partial charge in [0.15, 0.2) is 0 Å². The van der Waals surface area contributed by atoms with Gasteiger partial charge in [-0.1, -0.05) is 0 Å². The van der Waals surface area contributed by atoms with E-state index in [9.17, 15) is 4.39 Å². The lowest BCUT2D eigenvalue weighted by molar-refractivity contribution is 0.141. The smallest absolute Gasteiger partial charge is 0.131 e. The quantitative estimate of drug-likeness (QED) is 0.875. The predicted octanol–water partition coefficient (Wildman–Crippen LogP) is 2.33. The van der Waals surface area contributed by atoms with Gasteiger partial charge < -0.3 is 10.5 Å². The zero-order valence-corrected chi connectivity index (χ0v) is 11.3. The number of nitrogens with zero attached hydrogens (tertiary/aromatic N) is 1. The Hall–Kier alpha value is -1.16. The highest BCUT2D eigenvalue weighted by molar-refractivity contribution is 5.41. The molecule has 4 heteroatoms. The second kappa shape index (κ2) is 4.84. The summed E-state index contributed by atoms with van der Waals surface area (Å²) in [5.74, 6) is 0.908. The molecule has 1 fully saturated rings. The summed E-state index contributed by atoms with van der Waals surface area (Å²) in [5.41, 5.74) is 6.97. The molecular formula is C14H21FN2O. The number of rotatable bonds is 5. The Kier molecular flexibility index (Phi) is 3.57. The number of halogens is 1. The molecular weight excluding hydrogens is 231 g/mol. The van der Waals surface area contributed by atoms with E-state index >= 15 is 0 Å². The van der Waals surface area contributed by atoms with Crippen molar-refractivity contribution in [1.29, 1.82) is 0 Å². The molecule has 100 valence electrons. The van der Waals surface area contributed by atoms with Crippen LogP contribution >= 0.6 is 0 Å². The Morgan fingerprint density at radius 1 is 1.50 bits per heavy atom. The molecule has 1 aromatic rings. The molecule has 1 saturated carbocycles. The fourth-order valence-corrected chi connectivity index (χ4v) is 2.51. The molecule has 0 radical (unpaired) electrons. The van der Waals surface area contributed by atoms with Crippen molar-refractivity contribution < 1.29 is 9.13 Å². The lowest BCUT2D eigenvalue weighted by Gasteiger charge is -2.24. The number of hydrogen-bond donors (Lipinski definition) is 1. The van der Waals surface area contributed by atoms with Crippen molar-refractivity contribution in [2.75, 3.05) is 13.7 Å². The highest BCUT2D eigenvalue weighted by atomic mass is 19.1. The van der Waals surface area contributed by atoms with Gasteiger partial charge in [-0.05, 0) is 32.6 Å². The van der Waals surface area contributed by atoms with Gasteiger partial charge in [0.05, 0.1) is 12.8 Å². The van der Waals surface area contributed by atoms with Crippen molar-refractivity contribution in [3.63, 3.8) is 0 Å². The third-order valence-corrected chi connectivity index (χ3v) is 3.86. The van der Waals surface area contributed by atoms with Crippen molar-refractivity contribution >= 4 is 0 Å². The first-order valence-electron chi connectivity index (χ1n) is 6.40. The van der Waals surface area contributed by atoms with Gasteiger partial charge in [0, 0.05) is 30.3 Å². The van der Waals surface area contributed by atoms with Crippen molar-refractivity contribution in [3.8, 4) is 5.75 Å². The van der Waals surface area contributed by atoms with Crippen molar-refractivity contribution in [2.24, 2.45) is 11.7 Å². The SMILES string of the molecule is COc1c(C)cnc(CC(F)(CN)C2CC2)c1C. The standard InChI is InChI=1S/C14H21FN2O/c1-9-7-17-12(10(2)13(9)18-3)6-14(15,8-16)11-4-5-11/h7,11H,4-6,8,16H2,1-3H3. The van der Waals surface area contributed by atoms with Crippen LogP contribution in [0.4, 0.5) is 4.39 Å². The highest BCUT2D eigenvalue weighted by Crippen LogP contribution is 2.44. The largest absolute Gasteiger partial charge is 0.496 e. The van der Waals surface area contributed by atoms with E-state index in [1.807, 2.05) is 13.8 Å². The van der Waals surface area contributed by atoms with Crippen LogP contribution in [0.5, 0.6) is 5.75 Å². The Morgan fingerprint density at radius 3 is 2.67 bits per heavy atom. The maximum Gasteiger partial charge on any atom is 0.131 e. The van der Waals surface area contributed by atoms with Gasteiger partial charge in [-0.25, -0.2) is 4.39 Å². The number of hydrogen-bond acceptors (Lipinski definition) is 3. The summed E-state index contributed by atoms with van der Waals surface area (Å²) in [6, 6.07) is 0. The molecule has 0 amide bonds. The fourth-order valence-electron chi connectivity index (χ4n) is 2.51. The molecule has 1 atom stereocenters. The van der Waals surface area contributed by atoms with Crippen LogP contribution in [0, 0.1) is 19.8 Å². The molecule has 0 saturated heterocycles. The first-order chi connectivity index (χ1) is 8.51. The van der Waals surface area contributed by atoms with E-state index in [4.69, 9.17) is 10.5 Å². The third-order valence-electron chi connectivity index (χ3n) is 3.86. The maximum absolute atomic E-state index is 14.7. The van der Waals surface area contributed by atoms with Crippen LogP contribution in [0.1, 0.15) is 29.7 Å². The Bertz CT molecular complexity index is 446. The number of nitrogens with two attached hydrogens (primary N) is 1. The number of pyridine rings is 1. The summed E-state index contributed by atoms with van der Waals surface area (Å²) in [5, 5.41) is 0. The van der Waals surface area contributed by atoms with E-state index in [0.717, 1.165) is 35.4 Å². The predicted molar refractivity (Wildman–Crippen MR) is 69.6 cm³/mol. The van der Waals surface area contributed by atoms with Gasteiger partial charge in [0.25, 0.3) is 0 Å². The summed E-state index contributed by atoms with van der Waals surface area (Å²) in [6.45, 7) is 3.93. The van der Waals surface area contributed by atoms with Crippen molar-refractivity contribution in [3.05, 3.63) is 23.0 Å². The number of methoxy groups -OCH3 is 1. The van der Waals surface area contributed by atoms with E-state index in [2.05, 4.69) is 4.98 Å². The molecule has 1 aliphatic carbocycles. The van der Waals surface area contributed by atoms with Gasteiger partial charge in [0.1, 0.15) is 11.4 Å². The van der Waals surface area contributed by atoms with Gasteiger partial charge in [0.2, 0.25) is 0 Å². The summed E-state index contributed by atoms with van der Waals surface area (Å²) < 4.78 is 20.0. The lowest BCUT2D eigenvalue weighted by atomic mass is 9.92. The number of ether oxygens (including phenoxy) is 1. The minimum atomic E-state index is -1.31. The van der Waals surface area contributed by atoms with Crippen LogP contribution in [-0.4, -0.2) is 24.3 Å².